The molecule has 0 atom stereocenters. The summed E-state index contributed by atoms with van der Waals surface area (Å²) in [5, 5.41) is 8.97. The second-order valence-corrected chi connectivity index (χ2v) is 5.53. The summed E-state index contributed by atoms with van der Waals surface area (Å²) in [4.78, 5) is 14.2. The Morgan fingerprint density at radius 3 is 2.64 bits per heavy atom. The molecule has 5 nitrogen and oxygen atoms in total. The molecule has 3 rings (SSSR count). The van der Waals surface area contributed by atoms with E-state index in [1.54, 1.807) is 29.2 Å². The largest absolute Gasteiger partial charge is 0.491 e. The van der Waals surface area contributed by atoms with Gasteiger partial charge in [0.15, 0.2) is 0 Å². The standard InChI is InChI=1S/C19H20FNO4/c20-18-6-5-16(25-12-9-22)13-17(18)14-1-3-15(4-2-14)19(23)21-7-10-24-11-8-21/h1-6,13,22H,7-12H2/i12D2. The Kier molecular flexibility index (Phi) is 4.81. The minimum absolute atomic E-state index is 0.0962. The Morgan fingerprint density at radius 1 is 1.24 bits per heavy atom. The van der Waals surface area contributed by atoms with Crippen LogP contribution in [-0.2, 0) is 4.74 Å². The molecule has 132 valence electrons. The average molecular weight is 347 g/mol. The van der Waals surface area contributed by atoms with Crippen molar-refractivity contribution in [2.24, 2.45) is 0 Å². The second-order valence-electron chi connectivity index (χ2n) is 5.53. The van der Waals surface area contributed by atoms with Crippen LogP contribution >= 0.6 is 0 Å². The molecule has 0 aromatic heterocycles. The van der Waals surface area contributed by atoms with Crippen LogP contribution in [0.3, 0.4) is 0 Å². The number of amides is 1. The predicted molar refractivity (Wildman–Crippen MR) is 91.1 cm³/mol. The first-order valence-corrected chi connectivity index (χ1v) is 7.96. The molecule has 25 heavy (non-hydrogen) atoms. The fraction of sp³-hybridized carbons (Fsp3) is 0.316. The maximum absolute atomic E-state index is 14.2. The van der Waals surface area contributed by atoms with E-state index in [0.717, 1.165) is 0 Å². The van der Waals surface area contributed by atoms with Gasteiger partial charge in [0, 0.05) is 24.2 Å². The van der Waals surface area contributed by atoms with E-state index < -0.39 is 19.0 Å². The van der Waals surface area contributed by atoms with Crippen LogP contribution in [0, 0.1) is 5.82 Å². The van der Waals surface area contributed by atoms with Crippen LogP contribution < -0.4 is 4.74 Å². The highest BCUT2D eigenvalue weighted by Crippen LogP contribution is 2.27. The molecule has 1 N–H and O–H groups in total. The molecule has 0 bridgehead atoms. The van der Waals surface area contributed by atoms with E-state index in [9.17, 15) is 9.18 Å². The number of hydrogen-bond donors (Lipinski definition) is 1. The summed E-state index contributed by atoms with van der Waals surface area (Å²) < 4.78 is 39.5. The first-order chi connectivity index (χ1) is 12.9. The minimum atomic E-state index is -2.26. The number of benzene rings is 2. The van der Waals surface area contributed by atoms with Crippen LogP contribution in [0.2, 0.25) is 0 Å². The first kappa shape index (κ1) is 14.9. The van der Waals surface area contributed by atoms with Gasteiger partial charge in [-0.15, -0.1) is 0 Å². The van der Waals surface area contributed by atoms with Crippen LogP contribution in [0.15, 0.2) is 42.5 Å². The van der Waals surface area contributed by atoms with Crippen LogP contribution in [0.1, 0.15) is 13.1 Å². The fourth-order valence-electron chi connectivity index (χ4n) is 2.65. The van der Waals surface area contributed by atoms with Crippen molar-refractivity contribution in [2.75, 3.05) is 39.5 Å². The molecule has 2 aromatic carbocycles. The zero-order valence-corrected chi connectivity index (χ0v) is 13.6. The number of halogens is 1. The number of rotatable bonds is 5. The van der Waals surface area contributed by atoms with Gasteiger partial charge >= 0.3 is 0 Å². The van der Waals surface area contributed by atoms with Gasteiger partial charge in [0.05, 0.1) is 22.6 Å². The number of hydrogen-bond acceptors (Lipinski definition) is 4. The van der Waals surface area contributed by atoms with Crippen molar-refractivity contribution in [3.8, 4) is 16.9 Å². The molecule has 1 aliphatic heterocycles. The van der Waals surface area contributed by atoms with Crippen LogP contribution in [0.25, 0.3) is 11.1 Å². The Hall–Kier alpha value is -2.44. The number of nitrogens with zero attached hydrogens (tertiary/aromatic N) is 1. The molecule has 0 aliphatic carbocycles. The number of carbonyl (C=O) groups is 1. The van der Waals surface area contributed by atoms with Gasteiger partial charge in [-0.2, -0.15) is 0 Å². The van der Waals surface area contributed by atoms with Crippen molar-refractivity contribution in [1.29, 1.82) is 0 Å². The number of carbonyl (C=O) groups excluding carboxylic acids is 1. The zero-order chi connectivity index (χ0) is 19.4. The SMILES string of the molecule is [2H]C([2H])(CO)Oc1ccc(F)c(-c2ccc(C(=O)N3CCOCC3)cc2)c1. The highest BCUT2D eigenvalue weighted by Gasteiger charge is 2.18. The topological polar surface area (TPSA) is 59.0 Å². The summed E-state index contributed by atoms with van der Waals surface area (Å²) in [5.74, 6) is -0.503. The van der Waals surface area contributed by atoms with Crippen molar-refractivity contribution in [1.82, 2.24) is 4.90 Å². The van der Waals surface area contributed by atoms with Gasteiger partial charge in [-0.3, -0.25) is 4.79 Å². The molecule has 1 saturated heterocycles. The lowest BCUT2D eigenvalue weighted by atomic mass is 10.0. The third-order valence-corrected chi connectivity index (χ3v) is 3.93. The average Bonchev–Trinajstić information content (AvgIpc) is 2.69. The van der Waals surface area contributed by atoms with Crippen molar-refractivity contribution in [3.63, 3.8) is 0 Å². The molecule has 1 aliphatic rings. The summed E-state index contributed by atoms with van der Waals surface area (Å²) >= 11 is 0. The normalized spacial score (nSPS) is 16.2. The Morgan fingerprint density at radius 2 is 1.96 bits per heavy atom. The summed E-state index contributed by atoms with van der Waals surface area (Å²) in [6.07, 6.45) is 0. The number of aliphatic hydroxyl groups excluding tert-OH is 1. The summed E-state index contributed by atoms with van der Waals surface area (Å²) in [6.45, 7) is -0.961. The van der Waals surface area contributed by atoms with E-state index in [1.165, 1.54) is 18.2 Å². The molecule has 1 amide bonds. The van der Waals surface area contributed by atoms with Crippen molar-refractivity contribution in [2.45, 2.75) is 0 Å². The molecule has 2 aromatic rings. The van der Waals surface area contributed by atoms with Gasteiger partial charge in [-0.05, 0) is 35.9 Å². The Bertz CT molecular complexity index is 808. The first-order valence-electron chi connectivity index (χ1n) is 8.96. The van der Waals surface area contributed by atoms with E-state index in [2.05, 4.69) is 0 Å². The molecule has 0 saturated carbocycles. The smallest absolute Gasteiger partial charge is 0.254 e. The molecular formula is C19H20FNO4. The van der Waals surface area contributed by atoms with Crippen molar-refractivity contribution in [3.05, 3.63) is 53.8 Å². The predicted octanol–water partition coefficient (Wildman–Crippen LogP) is 2.34. The summed E-state index contributed by atoms with van der Waals surface area (Å²) in [7, 11) is 0. The van der Waals surface area contributed by atoms with Gasteiger partial charge in [-0.25, -0.2) is 4.39 Å². The zero-order valence-electron chi connectivity index (χ0n) is 15.6. The van der Waals surface area contributed by atoms with E-state index in [0.29, 0.717) is 37.4 Å². The van der Waals surface area contributed by atoms with E-state index >= 15 is 0 Å². The minimum Gasteiger partial charge on any atom is -0.491 e. The Labute approximate surface area is 148 Å². The summed E-state index contributed by atoms with van der Waals surface area (Å²) in [6, 6.07) is 10.4. The summed E-state index contributed by atoms with van der Waals surface area (Å²) in [5.41, 5.74) is 1.25. The van der Waals surface area contributed by atoms with Crippen LogP contribution in [0.4, 0.5) is 4.39 Å². The van der Waals surface area contributed by atoms with Gasteiger partial charge in [0.2, 0.25) is 0 Å². The Balaban J connectivity index is 1.81. The maximum Gasteiger partial charge on any atom is 0.254 e. The molecule has 1 fully saturated rings. The lowest BCUT2D eigenvalue weighted by Crippen LogP contribution is -2.40. The molecule has 0 unspecified atom stereocenters. The van der Waals surface area contributed by atoms with Gasteiger partial charge in [-0.1, -0.05) is 12.1 Å². The van der Waals surface area contributed by atoms with Gasteiger partial charge < -0.3 is 19.5 Å². The molecule has 0 radical (unpaired) electrons. The molecule has 0 spiro atoms. The quantitative estimate of drug-likeness (QED) is 0.902. The third kappa shape index (κ3) is 4.15. The number of ether oxygens (including phenoxy) is 2. The highest BCUT2D eigenvalue weighted by atomic mass is 19.1. The lowest BCUT2D eigenvalue weighted by Gasteiger charge is -2.26. The van der Waals surface area contributed by atoms with Crippen molar-refractivity contribution < 1.29 is 26.5 Å². The monoisotopic (exact) mass is 347 g/mol. The second kappa shape index (κ2) is 8.09. The van der Waals surface area contributed by atoms with Crippen LogP contribution in [0.5, 0.6) is 5.75 Å². The van der Waals surface area contributed by atoms with E-state index in [1.807, 2.05) is 0 Å². The highest BCUT2D eigenvalue weighted by molar-refractivity contribution is 5.94. The number of morpholine rings is 1. The van der Waals surface area contributed by atoms with Crippen LogP contribution in [-0.4, -0.2) is 55.4 Å². The molecular weight excluding hydrogens is 325 g/mol. The van der Waals surface area contributed by atoms with Gasteiger partial charge in [0.25, 0.3) is 5.91 Å². The lowest BCUT2D eigenvalue weighted by molar-refractivity contribution is 0.0303. The van der Waals surface area contributed by atoms with Crippen molar-refractivity contribution >= 4 is 5.91 Å². The van der Waals surface area contributed by atoms with Gasteiger partial charge in [0.1, 0.15) is 18.1 Å². The van der Waals surface area contributed by atoms with E-state index in [-0.39, 0.29) is 17.2 Å². The number of aliphatic hydroxyl groups is 1. The maximum atomic E-state index is 14.2. The van der Waals surface area contributed by atoms with E-state index in [4.69, 9.17) is 17.3 Å². The third-order valence-electron chi connectivity index (χ3n) is 3.93. The molecule has 6 heteroatoms. The fourth-order valence-corrected chi connectivity index (χ4v) is 2.65. The molecule has 1 heterocycles.